The molecule has 0 heterocycles. The van der Waals surface area contributed by atoms with E-state index in [2.05, 4.69) is 265 Å². The number of hydrogen-bond donors (Lipinski definition) is 0. The van der Waals surface area contributed by atoms with Gasteiger partial charge in [0.25, 0.3) is 0 Å². The third-order valence-corrected chi connectivity index (χ3v) is 21.4. The third kappa shape index (κ3) is 25.2. The predicted octanol–water partition coefficient (Wildman–Crippen LogP) is 29.4. The van der Waals surface area contributed by atoms with E-state index in [0.717, 1.165) is 66.2 Å². The monoisotopic (exact) mass is 1310 g/mol. The Hall–Kier alpha value is -4.98. The molecule has 5 unspecified atom stereocenters. The van der Waals surface area contributed by atoms with Crippen molar-refractivity contribution in [2.24, 2.45) is 59.2 Å². The van der Waals surface area contributed by atoms with Crippen molar-refractivity contribution >= 4 is 15.9 Å². The van der Waals surface area contributed by atoms with Gasteiger partial charge in [-0.3, -0.25) is 0 Å². The lowest BCUT2D eigenvalue weighted by molar-refractivity contribution is 0.437. The van der Waals surface area contributed by atoms with Crippen LogP contribution in [0.5, 0.6) is 0 Å². The highest BCUT2D eigenvalue weighted by Gasteiger charge is 2.30. The van der Waals surface area contributed by atoms with Gasteiger partial charge < -0.3 is 0 Å². The Morgan fingerprint density at radius 2 is 0.344 bits per heavy atom. The molecule has 504 valence electrons. The summed E-state index contributed by atoms with van der Waals surface area (Å²) in [5, 5.41) is 0. The van der Waals surface area contributed by atoms with Gasteiger partial charge in [-0.15, -0.1) is 0 Å². The van der Waals surface area contributed by atoms with Crippen molar-refractivity contribution in [3.8, 4) is 66.8 Å². The molecular weight excluding hydrogens is 1180 g/mol. The van der Waals surface area contributed by atoms with Gasteiger partial charge in [-0.25, -0.2) is 0 Å². The lowest BCUT2D eigenvalue weighted by atomic mass is 9.73. The van der Waals surface area contributed by atoms with Crippen LogP contribution < -0.4 is 0 Å². The van der Waals surface area contributed by atoms with Crippen molar-refractivity contribution in [3.05, 3.63) is 178 Å². The summed E-state index contributed by atoms with van der Waals surface area (Å²) in [4.78, 5) is 0. The Labute approximate surface area is 580 Å². The highest BCUT2D eigenvalue weighted by atomic mass is 79.9. The molecule has 7 aromatic carbocycles. The average molecular weight is 1310 g/mol. The normalized spacial score (nSPS) is 13.6. The zero-order valence-corrected chi connectivity index (χ0v) is 63.3. The molecule has 0 bridgehead atoms. The van der Waals surface area contributed by atoms with Gasteiger partial charge in [-0.2, -0.15) is 0 Å². The first-order valence-electron chi connectivity index (χ1n) is 38.2. The summed E-state index contributed by atoms with van der Waals surface area (Å²) in [6.07, 6.45) is 31.3. The van der Waals surface area contributed by atoms with Crippen molar-refractivity contribution in [2.45, 2.75) is 264 Å². The fourth-order valence-corrected chi connectivity index (χ4v) is 14.7. The van der Waals surface area contributed by atoms with Crippen molar-refractivity contribution in [3.63, 3.8) is 0 Å². The molecule has 7 aromatic rings. The number of benzene rings is 7. The van der Waals surface area contributed by atoms with E-state index in [4.69, 9.17) is 0 Å². The van der Waals surface area contributed by atoms with Crippen LogP contribution in [0.1, 0.15) is 260 Å². The average Bonchev–Trinajstić information content (AvgIpc) is 0.719. The Morgan fingerprint density at radius 1 is 0.194 bits per heavy atom. The van der Waals surface area contributed by atoms with Crippen molar-refractivity contribution in [1.82, 2.24) is 0 Å². The molecule has 0 spiro atoms. The molecule has 0 nitrogen and oxygen atoms in total. The predicted molar refractivity (Wildman–Crippen MR) is 418 cm³/mol. The van der Waals surface area contributed by atoms with E-state index < -0.39 is 0 Å². The summed E-state index contributed by atoms with van der Waals surface area (Å²) >= 11 is 3.93. The zero-order valence-electron chi connectivity index (χ0n) is 61.7. The molecule has 0 saturated heterocycles. The lowest BCUT2D eigenvalue weighted by Gasteiger charge is -2.29. The molecule has 0 radical (unpaired) electrons. The van der Waals surface area contributed by atoms with Gasteiger partial charge in [-0.05, 0) is 230 Å². The molecule has 0 fully saturated rings. The van der Waals surface area contributed by atoms with E-state index in [-0.39, 0.29) is 0 Å². The second kappa shape index (κ2) is 39.3. The van der Waals surface area contributed by atoms with Crippen LogP contribution in [0, 0.1) is 59.2 Å². The largest absolute Gasteiger partial charge is 0.0628 e. The fourth-order valence-electron chi connectivity index (χ4n) is 14.4. The highest BCUT2D eigenvalue weighted by molar-refractivity contribution is 9.10. The number of hydrogen-bond acceptors (Lipinski definition) is 0. The highest BCUT2D eigenvalue weighted by Crippen LogP contribution is 2.56. The second-order valence-corrected chi connectivity index (χ2v) is 33.0. The topological polar surface area (TPSA) is 0 Å². The first-order valence-corrected chi connectivity index (χ1v) is 39.0. The number of rotatable bonds is 41. The maximum atomic E-state index is 3.93. The van der Waals surface area contributed by atoms with Crippen LogP contribution >= 0.6 is 15.9 Å². The van der Waals surface area contributed by atoms with Crippen LogP contribution in [0.4, 0.5) is 0 Å². The van der Waals surface area contributed by atoms with Crippen molar-refractivity contribution in [1.29, 1.82) is 0 Å². The first-order chi connectivity index (χ1) is 44.7. The molecule has 1 heteroatoms. The molecule has 0 aliphatic rings. The maximum Gasteiger partial charge on any atom is 0.0175 e. The van der Waals surface area contributed by atoms with Gasteiger partial charge in [0.15, 0.2) is 0 Å². The van der Waals surface area contributed by atoms with Crippen molar-refractivity contribution in [2.75, 3.05) is 0 Å². The van der Waals surface area contributed by atoms with E-state index in [0.29, 0.717) is 29.6 Å². The SMILES string of the molecule is CC(C)CCCC(C)CCc1ccc(-c2c(-c3ccc(Br)cc3)c(-c3ccc(CCC(C)CCCC(C)C)cc3)c(-c3ccc(CCC(C)CCCC(C)C)cc3)c(-c3ccc(CCC(C)CCCC(C)C)cc3)c2-c2ccc(CCC(C)CCCC(C)C)cc2)cc1. The van der Waals surface area contributed by atoms with E-state index in [1.165, 1.54) is 223 Å². The Kier molecular flexibility index (Phi) is 31.9. The fraction of sp³-hybridized carbons (Fsp3) is 0.543. The minimum atomic E-state index is 0.707. The second-order valence-electron chi connectivity index (χ2n) is 32.1. The molecule has 5 atom stereocenters. The van der Waals surface area contributed by atoms with Crippen LogP contribution in [0.3, 0.4) is 0 Å². The molecular formula is C92H129Br. The van der Waals surface area contributed by atoms with Gasteiger partial charge in [0.1, 0.15) is 0 Å². The van der Waals surface area contributed by atoms with Gasteiger partial charge >= 0.3 is 0 Å². The van der Waals surface area contributed by atoms with Gasteiger partial charge in [0, 0.05) is 4.47 Å². The van der Waals surface area contributed by atoms with E-state index >= 15 is 0 Å². The van der Waals surface area contributed by atoms with Crippen LogP contribution in [-0.4, -0.2) is 0 Å². The summed E-state index contributed by atoms with van der Waals surface area (Å²) < 4.78 is 1.09. The molecule has 0 amide bonds. The third-order valence-electron chi connectivity index (χ3n) is 20.9. The number of halogens is 1. The smallest absolute Gasteiger partial charge is 0.0175 e. The summed E-state index contributed by atoms with van der Waals surface area (Å²) in [5.74, 6) is 7.36. The Morgan fingerprint density at radius 3 is 0.495 bits per heavy atom. The summed E-state index contributed by atoms with van der Waals surface area (Å²) in [6, 6.07) is 59.2. The maximum absolute atomic E-state index is 3.93. The molecule has 0 N–H and O–H groups in total. The quantitative estimate of drug-likeness (QED) is 0.0358. The molecule has 0 aliphatic carbocycles. The van der Waals surface area contributed by atoms with Crippen LogP contribution in [-0.2, 0) is 32.1 Å². The molecule has 0 aliphatic heterocycles. The van der Waals surface area contributed by atoms with E-state index in [1.54, 1.807) is 0 Å². The Bertz CT molecular complexity index is 3020. The lowest BCUT2D eigenvalue weighted by Crippen LogP contribution is -2.04. The van der Waals surface area contributed by atoms with Crippen LogP contribution in [0.15, 0.2) is 150 Å². The molecule has 7 rings (SSSR count). The Balaban J connectivity index is 1.50. The summed E-state index contributed by atoms with van der Waals surface area (Å²) in [5.41, 5.74) is 22.7. The molecule has 0 saturated carbocycles. The first kappa shape index (κ1) is 75.4. The minimum absolute atomic E-state index is 0.707. The molecule has 93 heavy (non-hydrogen) atoms. The van der Waals surface area contributed by atoms with E-state index in [1.807, 2.05) is 0 Å². The summed E-state index contributed by atoms with van der Waals surface area (Å²) in [7, 11) is 0. The van der Waals surface area contributed by atoms with Gasteiger partial charge in [0.2, 0.25) is 0 Å². The molecule has 0 aromatic heterocycles. The van der Waals surface area contributed by atoms with Crippen LogP contribution in [0.25, 0.3) is 66.8 Å². The van der Waals surface area contributed by atoms with Gasteiger partial charge in [-0.1, -0.05) is 350 Å². The summed E-state index contributed by atoms with van der Waals surface area (Å²) in [6.45, 7) is 36.0. The standard InChI is InChI=1S/C92H129Br/c1-65(2)21-16-26-70(11)31-36-75-41-51-80(52-42-75)87-88(81-53-43-76(44-54-81)37-32-71(12)27-17-22-66(3)4)90(83-57-47-78(48-58-83)39-34-73(14)29-19-24-68(7)8)92(85-61-63-86(93)64-62-85)91(84-59-49-79(50-60-84)40-35-74(15)30-20-25-69(9)10)89(87)82-55-45-77(46-56-82)38-33-72(13)28-18-23-67(5)6/h41-74H,16-40H2,1-15H3. The zero-order chi connectivity index (χ0) is 66.8. The number of aryl methyl sites for hydroxylation is 5. The van der Waals surface area contributed by atoms with Crippen molar-refractivity contribution < 1.29 is 0 Å². The van der Waals surface area contributed by atoms with Crippen LogP contribution in [0.2, 0.25) is 0 Å². The minimum Gasteiger partial charge on any atom is -0.0628 e. The van der Waals surface area contributed by atoms with Gasteiger partial charge in [0.05, 0.1) is 0 Å². The van der Waals surface area contributed by atoms with E-state index in [9.17, 15) is 0 Å².